The molecule has 5 heteroatoms. The normalized spacial score (nSPS) is 18.1. The number of furan rings is 1. The van der Waals surface area contributed by atoms with Gasteiger partial charge in [0.1, 0.15) is 11.2 Å². The molecule has 0 N–H and O–H groups in total. The molecule has 0 bridgehead atoms. The van der Waals surface area contributed by atoms with Crippen molar-refractivity contribution in [2.24, 2.45) is 0 Å². The summed E-state index contributed by atoms with van der Waals surface area (Å²) in [6.07, 6.45) is 3.22. The van der Waals surface area contributed by atoms with Crippen LogP contribution in [-0.2, 0) is 32.5 Å². The van der Waals surface area contributed by atoms with Gasteiger partial charge in [0, 0.05) is 66.1 Å². The number of para-hydroxylation sites is 1. The smallest absolute Gasteiger partial charge is 0.252 e. The van der Waals surface area contributed by atoms with E-state index in [9.17, 15) is 4.11 Å². The van der Waals surface area contributed by atoms with Gasteiger partial charge in [0.15, 0.2) is 0 Å². The van der Waals surface area contributed by atoms with Crippen LogP contribution in [0.15, 0.2) is 150 Å². The maximum Gasteiger partial charge on any atom is 0.252 e. The van der Waals surface area contributed by atoms with Crippen LogP contribution in [-0.4, -0.2) is 6.71 Å². The topological polar surface area (TPSA) is 22.9 Å². The van der Waals surface area contributed by atoms with Crippen LogP contribution in [0.5, 0.6) is 0 Å². The summed E-state index contributed by atoms with van der Waals surface area (Å²) in [5.41, 5.74) is 23.5. The monoisotopic (exact) mass is 1030 g/mol. The number of anilines is 9. The third-order valence-corrected chi connectivity index (χ3v) is 18.8. The summed E-state index contributed by atoms with van der Waals surface area (Å²) < 4.78 is 34.6. The van der Waals surface area contributed by atoms with Gasteiger partial charge in [-0.3, -0.25) is 0 Å². The molecule has 394 valence electrons. The first-order chi connectivity index (χ1) is 37.9. The Morgan fingerprint density at radius 3 is 1.63 bits per heavy atom. The lowest BCUT2D eigenvalue weighted by molar-refractivity contribution is 0.332. The van der Waals surface area contributed by atoms with E-state index in [2.05, 4.69) is 240 Å². The van der Waals surface area contributed by atoms with E-state index in [0.29, 0.717) is 5.56 Å². The number of hydrogen-bond donors (Lipinski definition) is 0. The van der Waals surface area contributed by atoms with Crippen molar-refractivity contribution < 1.29 is 8.53 Å². The van der Waals surface area contributed by atoms with Gasteiger partial charge in [0.25, 0.3) is 6.71 Å². The lowest BCUT2D eigenvalue weighted by Gasteiger charge is -2.46. The average Bonchev–Trinajstić information content (AvgIpc) is 3.70. The lowest BCUT2D eigenvalue weighted by atomic mass is 9.33. The number of aryl methyl sites for hydroxylation is 2. The number of nitrogens with zero attached hydrogens (tertiary/aromatic N) is 3. The molecule has 0 saturated heterocycles. The van der Waals surface area contributed by atoms with Crippen LogP contribution in [0.4, 0.5) is 51.2 Å². The molecule has 0 radical (unpaired) electrons. The highest BCUT2D eigenvalue weighted by molar-refractivity contribution is 7.00. The maximum atomic E-state index is 9.36. The second-order valence-corrected chi connectivity index (χ2v) is 28.3. The molecule has 2 aliphatic carbocycles. The quantitative estimate of drug-likeness (QED) is 0.160. The molecule has 4 aliphatic rings. The predicted octanol–water partition coefficient (Wildman–Crippen LogP) is 18.7. The standard InChI is InChI=1S/C73H78BN3O/c1-44-35-63-67-64(36-44)77(60-41-56-54(37-45(60)2)70(9,10)33-34-71(56,11)12)62-42-57-55(72(13,14)43-73(57,15)16)40-59(62)74(67)58-31-29-51(39-61(58)76(63)50-30-32-66-53(38-50)52-19-17-18-20-65(52)78-66)75(48-25-21-46(22-26-48)68(3,4)5)49-27-23-47(24-28-49)69(6,7)8/h17-32,35-42H,33-34,43H2,1-16H3/i1D3. The van der Waals surface area contributed by atoms with Crippen LogP contribution in [0, 0.1) is 13.8 Å². The highest BCUT2D eigenvalue weighted by atomic mass is 16.3. The molecule has 3 heterocycles. The molecular formula is C73H78BN3O. The van der Waals surface area contributed by atoms with Gasteiger partial charge in [0.05, 0.1) is 0 Å². The van der Waals surface area contributed by atoms with Gasteiger partial charge in [-0.15, -0.1) is 0 Å². The second kappa shape index (κ2) is 16.8. The van der Waals surface area contributed by atoms with Gasteiger partial charge in [-0.25, -0.2) is 0 Å². The summed E-state index contributed by atoms with van der Waals surface area (Å²) in [6, 6.07) is 54.0. The van der Waals surface area contributed by atoms with Crippen LogP contribution in [0.3, 0.4) is 0 Å². The molecule has 0 fully saturated rings. The minimum atomic E-state index is -2.43. The highest BCUT2D eigenvalue weighted by Crippen LogP contribution is 2.55. The van der Waals surface area contributed by atoms with Crippen molar-refractivity contribution in [2.75, 3.05) is 14.7 Å². The predicted molar refractivity (Wildman–Crippen MR) is 335 cm³/mol. The number of benzene rings is 8. The molecule has 4 nitrogen and oxygen atoms in total. The summed E-state index contributed by atoms with van der Waals surface area (Å²) in [5.74, 6) is 0. The van der Waals surface area contributed by atoms with E-state index in [1.807, 2.05) is 24.3 Å². The van der Waals surface area contributed by atoms with Gasteiger partial charge in [-0.05, 0) is 211 Å². The first-order valence-electron chi connectivity index (χ1n) is 30.1. The minimum Gasteiger partial charge on any atom is -0.456 e. The van der Waals surface area contributed by atoms with Crippen molar-refractivity contribution in [1.29, 1.82) is 0 Å². The van der Waals surface area contributed by atoms with Gasteiger partial charge < -0.3 is 19.1 Å². The Kier molecular flexibility index (Phi) is 10.1. The average molecular weight is 1030 g/mol. The molecule has 1 aromatic heterocycles. The summed E-state index contributed by atoms with van der Waals surface area (Å²) in [5, 5.41) is 2.04. The maximum absolute atomic E-state index is 9.36. The van der Waals surface area contributed by atoms with E-state index in [0.717, 1.165) is 97.9 Å². The van der Waals surface area contributed by atoms with Crippen LogP contribution in [0.1, 0.15) is 165 Å². The number of hydrogen-bond acceptors (Lipinski definition) is 4. The fourth-order valence-corrected chi connectivity index (χ4v) is 14.6. The molecule has 8 aromatic carbocycles. The number of rotatable bonds is 5. The third kappa shape index (κ3) is 7.75. The summed E-state index contributed by atoms with van der Waals surface area (Å²) in [4.78, 5) is 7.26. The van der Waals surface area contributed by atoms with Crippen LogP contribution in [0.2, 0.25) is 0 Å². The fraction of sp³-hybridized carbons (Fsp3) is 0.342. The molecule has 0 amide bonds. The third-order valence-electron chi connectivity index (χ3n) is 18.8. The van der Waals surface area contributed by atoms with Gasteiger partial charge in [0.2, 0.25) is 0 Å². The van der Waals surface area contributed by atoms with Crippen LogP contribution < -0.4 is 31.1 Å². The largest absolute Gasteiger partial charge is 0.456 e. The van der Waals surface area contributed by atoms with Crippen LogP contribution in [0.25, 0.3) is 21.9 Å². The van der Waals surface area contributed by atoms with Gasteiger partial charge in [-0.1, -0.05) is 158 Å². The molecule has 9 aromatic rings. The van der Waals surface area contributed by atoms with E-state index in [4.69, 9.17) is 4.42 Å². The first-order valence-corrected chi connectivity index (χ1v) is 28.6. The molecule has 0 spiro atoms. The Labute approximate surface area is 469 Å². The van der Waals surface area contributed by atoms with Crippen LogP contribution >= 0.6 is 0 Å². The van der Waals surface area contributed by atoms with E-state index >= 15 is 0 Å². The highest BCUT2D eigenvalue weighted by Gasteiger charge is 2.49. The SMILES string of the molecule is [2H]C([2H])([2H])c1cc2c3c(c1)N(c1cc4c(cc1C)C(C)(C)CCC4(C)C)c1cc4c(cc1B3c1ccc(N(c3ccc(C(C)(C)C)cc3)c3ccc(C(C)(C)C)cc3)cc1N2c1ccc2oc3ccccc3c2c1)C(C)(C)CC4(C)C. The van der Waals surface area contributed by atoms with Crippen molar-refractivity contribution in [1.82, 2.24) is 0 Å². The Balaban J connectivity index is 1.14. The Bertz CT molecular complexity index is 4010. The molecule has 78 heavy (non-hydrogen) atoms. The van der Waals surface area contributed by atoms with Gasteiger partial charge >= 0.3 is 0 Å². The van der Waals surface area contributed by atoms with Crippen molar-refractivity contribution >= 4 is 96.2 Å². The van der Waals surface area contributed by atoms with E-state index in [1.54, 1.807) is 0 Å². The summed E-state index contributed by atoms with van der Waals surface area (Å²) >= 11 is 0. The van der Waals surface area contributed by atoms with Crippen molar-refractivity contribution in [3.63, 3.8) is 0 Å². The zero-order chi connectivity index (χ0) is 57.5. The van der Waals surface area contributed by atoms with E-state index < -0.39 is 6.85 Å². The molecule has 0 saturated carbocycles. The zero-order valence-electron chi connectivity index (χ0n) is 51.8. The van der Waals surface area contributed by atoms with Crippen molar-refractivity contribution in [3.8, 4) is 0 Å². The minimum absolute atomic E-state index is 0.0155. The van der Waals surface area contributed by atoms with E-state index in [1.165, 1.54) is 49.9 Å². The van der Waals surface area contributed by atoms with Crippen molar-refractivity contribution in [3.05, 3.63) is 190 Å². The molecule has 2 aliphatic heterocycles. The Morgan fingerprint density at radius 1 is 0.487 bits per heavy atom. The fourth-order valence-electron chi connectivity index (χ4n) is 14.6. The number of fused-ring (bicyclic) bond motifs is 9. The first kappa shape index (κ1) is 47.1. The second-order valence-electron chi connectivity index (χ2n) is 28.3. The Hall–Kier alpha value is -6.98. The van der Waals surface area contributed by atoms with Crippen molar-refractivity contribution in [2.45, 2.75) is 162 Å². The molecular weight excluding hydrogens is 946 g/mol. The molecule has 13 rings (SSSR count). The zero-order valence-corrected chi connectivity index (χ0v) is 48.8. The lowest BCUT2D eigenvalue weighted by Crippen LogP contribution is -2.61. The van der Waals surface area contributed by atoms with Gasteiger partial charge in [-0.2, -0.15) is 0 Å². The Morgan fingerprint density at radius 2 is 1.01 bits per heavy atom. The molecule has 0 unspecified atom stereocenters. The van der Waals surface area contributed by atoms with E-state index in [-0.39, 0.29) is 39.2 Å². The summed E-state index contributed by atoms with van der Waals surface area (Å²) in [7, 11) is 0. The summed E-state index contributed by atoms with van der Waals surface area (Å²) in [6.45, 7) is 32.4. The molecule has 0 atom stereocenters.